The number of carbonyl (C=O) groups is 1. The summed E-state index contributed by atoms with van der Waals surface area (Å²) in [7, 11) is 0. The van der Waals surface area contributed by atoms with E-state index in [1.165, 1.54) is 12.1 Å². The summed E-state index contributed by atoms with van der Waals surface area (Å²) in [5.74, 6) is -0.595. The average Bonchev–Trinajstić information content (AvgIpc) is 3.16. The summed E-state index contributed by atoms with van der Waals surface area (Å²) in [5, 5.41) is 12.9. The van der Waals surface area contributed by atoms with E-state index in [-0.39, 0.29) is 17.2 Å². The number of hydrogen-bond donors (Lipinski definition) is 2. The van der Waals surface area contributed by atoms with Crippen LogP contribution in [0.1, 0.15) is 47.6 Å². The van der Waals surface area contributed by atoms with E-state index >= 15 is 0 Å². The summed E-state index contributed by atoms with van der Waals surface area (Å²) in [5.41, 5.74) is 2.38. The molecule has 0 unspecified atom stereocenters. The summed E-state index contributed by atoms with van der Waals surface area (Å²) < 4.78 is 1.80. The third-order valence-electron chi connectivity index (χ3n) is 5.08. The molecular weight excluding hydrogens is 344 g/mol. The number of pyridine rings is 1. The van der Waals surface area contributed by atoms with Crippen LogP contribution < -0.4 is 10.9 Å². The Morgan fingerprint density at radius 1 is 1.22 bits per heavy atom. The van der Waals surface area contributed by atoms with Crippen molar-refractivity contribution >= 4 is 28.6 Å². The first kappa shape index (κ1) is 17.2. The molecule has 2 aromatic heterocycles. The van der Waals surface area contributed by atoms with Crippen LogP contribution in [0.15, 0.2) is 41.3 Å². The van der Waals surface area contributed by atoms with Crippen LogP contribution in [0.4, 0.5) is 11.6 Å². The number of carboxylic acids is 1. The highest BCUT2D eigenvalue weighted by molar-refractivity contribution is 5.88. The fourth-order valence-corrected chi connectivity index (χ4v) is 3.67. The molecule has 0 radical (unpaired) electrons. The first-order chi connectivity index (χ1) is 13.0. The van der Waals surface area contributed by atoms with E-state index in [0.717, 1.165) is 36.6 Å². The van der Waals surface area contributed by atoms with Gasteiger partial charge in [-0.15, -0.1) is 0 Å². The zero-order valence-electron chi connectivity index (χ0n) is 15.0. The summed E-state index contributed by atoms with van der Waals surface area (Å²) in [6, 6.07) is 8.20. The van der Waals surface area contributed by atoms with Crippen molar-refractivity contribution in [1.82, 2.24) is 14.5 Å². The van der Waals surface area contributed by atoms with Crippen LogP contribution in [-0.2, 0) is 0 Å². The number of nitrogens with zero attached hydrogens (tertiary/aromatic N) is 3. The van der Waals surface area contributed by atoms with Crippen LogP contribution in [0.3, 0.4) is 0 Å². The molecule has 7 heteroatoms. The Labute approximate surface area is 155 Å². The fraction of sp³-hybridized carbons (Fsp3) is 0.300. The van der Waals surface area contributed by atoms with E-state index in [4.69, 9.17) is 5.11 Å². The zero-order valence-corrected chi connectivity index (χ0v) is 15.0. The molecule has 0 spiro atoms. The summed E-state index contributed by atoms with van der Waals surface area (Å²) in [4.78, 5) is 32.6. The second-order valence-corrected chi connectivity index (χ2v) is 6.91. The topological polar surface area (TPSA) is 97.1 Å². The van der Waals surface area contributed by atoms with E-state index in [2.05, 4.69) is 15.3 Å². The lowest BCUT2D eigenvalue weighted by Crippen LogP contribution is -2.24. The Bertz CT molecular complexity index is 1070. The highest BCUT2D eigenvalue weighted by Gasteiger charge is 2.21. The van der Waals surface area contributed by atoms with Crippen molar-refractivity contribution < 1.29 is 9.90 Å². The Morgan fingerprint density at radius 3 is 2.59 bits per heavy atom. The van der Waals surface area contributed by atoms with Crippen LogP contribution in [0.2, 0.25) is 0 Å². The molecule has 1 aliphatic rings. The van der Waals surface area contributed by atoms with Gasteiger partial charge in [0.1, 0.15) is 5.65 Å². The van der Waals surface area contributed by atoms with Gasteiger partial charge in [-0.3, -0.25) is 9.36 Å². The molecule has 0 amide bonds. The first-order valence-corrected chi connectivity index (χ1v) is 9.02. The number of rotatable bonds is 4. The predicted octanol–water partition coefficient (Wildman–Crippen LogP) is 3.66. The molecule has 4 rings (SSSR count). The number of aromatic nitrogens is 3. The number of carboxylic acid groups (broad SMARTS) is 1. The molecule has 3 aromatic rings. The van der Waals surface area contributed by atoms with Gasteiger partial charge in [-0.1, -0.05) is 12.8 Å². The predicted molar refractivity (Wildman–Crippen MR) is 103 cm³/mol. The molecular formula is C20H20N4O3. The van der Waals surface area contributed by atoms with E-state index in [9.17, 15) is 9.59 Å². The second kappa shape index (κ2) is 6.83. The van der Waals surface area contributed by atoms with Crippen LogP contribution in [0.25, 0.3) is 11.0 Å². The van der Waals surface area contributed by atoms with E-state index in [0.29, 0.717) is 17.3 Å². The second-order valence-electron chi connectivity index (χ2n) is 6.91. The minimum atomic E-state index is -0.973. The van der Waals surface area contributed by atoms with Gasteiger partial charge in [0.05, 0.1) is 5.56 Å². The lowest BCUT2D eigenvalue weighted by molar-refractivity contribution is 0.0697. The molecule has 27 heavy (non-hydrogen) atoms. The van der Waals surface area contributed by atoms with Gasteiger partial charge in [-0.25, -0.2) is 9.78 Å². The standard InChI is InChI=1S/C20H20N4O3/c1-12-10-17(25)24(15-4-2-3-5-15)18-16(12)11-21-20(23-18)22-14-8-6-13(7-9-14)19(26)27/h6-11,15H,2-5H2,1H3,(H,26,27)(H,21,22,23). The third-order valence-corrected chi connectivity index (χ3v) is 5.08. The molecule has 138 valence electrons. The van der Waals surface area contributed by atoms with Crippen LogP contribution in [0, 0.1) is 6.92 Å². The van der Waals surface area contributed by atoms with Crippen LogP contribution >= 0.6 is 0 Å². The van der Waals surface area contributed by atoms with Gasteiger partial charge in [-0.2, -0.15) is 4.98 Å². The Balaban J connectivity index is 1.75. The maximum Gasteiger partial charge on any atom is 0.335 e. The lowest BCUT2D eigenvalue weighted by Gasteiger charge is -2.17. The van der Waals surface area contributed by atoms with Crippen molar-refractivity contribution in [3.8, 4) is 0 Å². The zero-order chi connectivity index (χ0) is 19.0. The number of aromatic carboxylic acids is 1. The van der Waals surface area contributed by atoms with Gasteiger partial charge in [-0.05, 0) is 49.6 Å². The van der Waals surface area contributed by atoms with Crippen molar-refractivity contribution in [3.63, 3.8) is 0 Å². The fourth-order valence-electron chi connectivity index (χ4n) is 3.67. The van der Waals surface area contributed by atoms with Crippen molar-refractivity contribution in [2.75, 3.05) is 5.32 Å². The highest BCUT2D eigenvalue weighted by atomic mass is 16.4. The average molecular weight is 364 g/mol. The van der Waals surface area contributed by atoms with Crippen LogP contribution in [0.5, 0.6) is 0 Å². The number of aryl methyl sites for hydroxylation is 1. The molecule has 1 aromatic carbocycles. The summed E-state index contributed by atoms with van der Waals surface area (Å²) in [6.45, 7) is 1.89. The number of nitrogens with one attached hydrogen (secondary N) is 1. The van der Waals surface area contributed by atoms with Gasteiger partial charge >= 0.3 is 5.97 Å². The smallest absolute Gasteiger partial charge is 0.335 e. The van der Waals surface area contributed by atoms with E-state index in [1.54, 1.807) is 29.0 Å². The first-order valence-electron chi connectivity index (χ1n) is 9.02. The minimum Gasteiger partial charge on any atom is -0.478 e. The Kier molecular flexibility index (Phi) is 4.35. The highest BCUT2D eigenvalue weighted by Crippen LogP contribution is 2.31. The lowest BCUT2D eigenvalue weighted by atomic mass is 10.1. The van der Waals surface area contributed by atoms with Crippen molar-refractivity contribution in [2.45, 2.75) is 38.6 Å². The number of anilines is 2. The molecule has 1 aliphatic carbocycles. The number of fused-ring (bicyclic) bond motifs is 1. The Hall–Kier alpha value is -3.22. The van der Waals surface area contributed by atoms with Crippen molar-refractivity contribution in [1.29, 1.82) is 0 Å². The molecule has 0 aliphatic heterocycles. The monoisotopic (exact) mass is 364 g/mol. The molecule has 1 saturated carbocycles. The van der Waals surface area contributed by atoms with Gasteiger partial charge in [0.15, 0.2) is 0 Å². The van der Waals surface area contributed by atoms with Gasteiger partial charge in [0.25, 0.3) is 5.56 Å². The molecule has 2 heterocycles. The van der Waals surface area contributed by atoms with Crippen LogP contribution in [-0.4, -0.2) is 25.6 Å². The molecule has 7 nitrogen and oxygen atoms in total. The maximum atomic E-state index is 12.6. The van der Waals surface area contributed by atoms with Crippen molar-refractivity contribution in [3.05, 3.63) is 58.0 Å². The third kappa shape index (κ3) is 3.28. The Morgan fingerprint density at radius 2 is 1.93 bits per heavy atom. The minimum absolute atomic E-state index is 0.0256. The SMILES string of the molecule is Cc1cc(=O)n(C2CCCC2)c2nc(Nc3ccc(C(=O)O)cc3)ncc12. The molecule has 2 N–H and O–H groups in total. The van der Waals surface area contributed by atoms with E-state index in [1.807, 2.05) is 6.92 Å². The maximum absolute atomic E-state index is 12.6. The van der Waals surface area contributed by atoms with E-state index < -0.39 is 5.97 Å². The largest absolute Gasteiger partial charge is 0.478 e. The number of hydrogen-bond acceptors (Lipinski definition) is 5. The molecule has 0 saturated heterocycles. The molecule has 0 bridgehead atoms. The van der Waals surface area contributed by atoms with Crippen molar-refractivity contribution in [2.24, 2.45) is 0 Å². The van der Waals surface area contributed by atoms with Gasteiger partial charge in [0.2, 0.25) is 5.95 Å². The molecule has 1 fully saturated rings. The van der Waals surface area contributed by atoms with Gasteiger partial charge in [0, 0.05) is 29.4 Å². The summed E-state index contributed by atoms with van der Waals surface area (Å²) in [6.07, 6.45) is 5.96. The number of benzene rings is 1. The molecule has 0 atom stereocenters. The van der Waals surface area contributed by atoms with Gasteiger partial charge < -0.3 is 10.4 Å². The normalized spacial score (nSPS) is 14.6. The quantitative estimate of drug-likeness (QED) is 0.733. The summed E-state index contributed by atoms with van der Waals surface area (Å²) >= 11 is 0.